The summed E-state index contributed by atoms with van der Waals surface area (Å²) >= 11 is 0. The average molecular weight is 287 g/mol. The molecule has 4 heterocycles. The number of nitrogens with zero attached hydrogens (tertiary/aromatic N) is 2. The Labute approximate surface area is 129 Å². The van der Waals surface area contributed by atoms with Gasteiger partial charge in [0, 0.05) is 41.7 Å². The molecule has 0 bridgehead atoms. The molecule has 2 aliphatic heterocycles. The standard InChI is InChI=1S/C19H17N3/c1-2-4-17-15(3-1)16-7-10-22-9-6-14-12-20-8-5-13(14)11-18(22)19(16)21-17/h1-6,8-9,12,18,21H,7,10-11H2/t18-/m0/s1. The van der Waals surface area contributed by atoms with E-state index in [0.717, 1.165) is 19.4 Å². The quantitative estimate of drug-likeness (QED) is 0.684. The number of nitrogens with one attached hydrogen (secondary N) is 1. The SMILES string of the molecule is C1=CN2CCc3c([nH]c4ccccc34)[C@@H]2Cc2ccncc21. The monoisotopic (exact) mass is 287 g/mol. The van der Waals surface area contributed by atoms with E-state index in [1.165, 1.54) is 33.3 Å². The molecular formula is C19H17N3. The van der Waals surface area contributed by atoms with E-state index < -0.39 is 0 Å². The lowest BCUT2D eigenvalue weighted by Gasteiger charge is -2.34. The highest BCUT2D eigenvalue weighted by atomic mass is 15.2. The van der Waals surface area contributed by atoms with Gasteiger partial charge in [0.05, 0.1) is 6.04 Å². The van der Waals surface area contributed by atoms with E-state index in [0.29, 0.717) is 6.04 Å². The molecule has 0 fully saturated rings. The first-order valence-corrected chi connectivity index (χ1v) is 7.86. The summed E-state index contributed by atoms with van der Waals surface area (Å²) in [5.41, 5.74) is 6.78. The van der Waals surface area contributed by atoms with Crippen LogP contribution in [0.5, 0.6) is 0 Å². The molecule has 0 unspecified atom stereocenters. The van der Waals surface area contributed by atoms with Crippen molar-refractivity contribution in [1.82, 2.24) is 14.9 Å². The molecule has 1 N–H and O–H groups in total. The number of hydrogen-bond donors (Lipinski definition) is 1. The molecule has 0 amide bonds. The highest BCUT2D eigenvalue weighted by molar-refractivity contribution is 5.85. The van der Waals surface area contributed by atoms with Gasteiger partial charge in [0.2, 0.25) is 0 Å². The zero-order valence-electron chi connectivity index (χ0n) is 12.3. The van der Waals surface area contributed by atoms with Crippen molar-refractivity contribution in [3.8, 4) is 0 Å². The average Bonchev–Trinajstić information content (AvgIpc) is 2.83. The van der Waals surface area contributed by atoms with Gasteiger partial charge in [-0.25, -0.2) is 0 Å². The van der Waals surface area contributed by atoms with Gasteiger partial charge in [0.15, 0.2) is 0 Å². The van der Waals surface area contributed by atoms with Gasteiger partial charge < -0.3 is 9.88 Å². The van der Waals surface area contributed by atoms with E-state index in [1.807, 2.05) is 12.4 Å². The maximum atomic E-state index is 4.26. The van der Waals surface area contributed by atoms with Gasteiger partial charge in [0.1, 0.15) is 0 Å². The van der Waals surface area contributed by atoms with Crippen LogP contribution < -0.4 is 0 Å². The molecule has 0 spiro atoms. The number of hydrogen-bond acceptors (Lipinski definition) is 2. The molecule has 5 rings (SSSR count). The van der Waals surface area contributed by atoms with Crippen molar-refractivity contribution >= 4 is 17.0 Å². The summed E-state index contributed by atoms with van der Waals surface area (Å²) in [6.45, 7) is 1.08. The van der Waals surface area contributed by atoms with Crippen molar-refractivity contribution in [3.63, 3.8) is 0 Å². The van der Waals surface area contributed by atoms with Crippen LogP contribution in [0.3, 0.4) is 0 Å². The van der Waals surface area contributed by atoms with Gasteiger partial charge in [-0.3, -0.25) is 4.98 Å². The second-order valence-electron chi connectivity index (χ2n) is 6.16. The van der Waals surface area contributed by atoms with Crippen LogP contribution in [0.4, 0.5) is 0 Å². The van der Waals surface area contributed by atoms with Crippen molar-refractivity contribution in [3.05, 3.63) is 71.3 Å². The molecule has 0 saturated heterocycles. The Morgan fingerprint density at radius 2 is 2.14 bits per heavy atom. The number of aromatic nitrogens is 2. The number of rotatable bonds is 0. The van der Waals surface area contributed by atoms with Crippen molar-refractivity contribution in [2.45, 2.75) is 18.9 Å². The van der Waals surface area contributed by atoms with Crippen LogP contribution in [0.1, 0.15) is 28.4 Å². The molecule has 2 aromatic heterocycles. The van der Waals surface area contributed by atoms with Gasteiger partial charge in [-0.15, -0.1) is 0 Å². The molecule has 0 aliphatic carbocycles. The van der Waals surface area contributed by atoms with Gasteiger partial charge in [-0.2, -0.15) is 0 Å². The summed E-state index contributed by atoms with van der Waals surface area (Å²) in [5, 5.41) is 1.39. The first kappa shape index (κ1) is 12.0. The Kier molecular flexibility index (Phi) is 2.45. The van der Waals surface area contributed by atoms with E-state index in [2.05, 4.69) is 57.5 Å². The predicted octanol–water partition coefficient (Wildman–Crippen LogP) is 3.69. The van der Waals surface area contributed by atoms with Crippen LogP contribution in [0.2, 0.25) is 0 Å². The minimum atomic E-state index is 0.399. The molecule has 108 valence electrons. The molecule has 1 aromatic carbocycles. The second kappa shape index (κ2) is 4.47. The van der Waals surface area contributed by atoms with Gasteiger partial charge in [-0.05, 0) is 47.7 Å². The fourth-order valence-corrected chi connectivity index (χ4v) is 3.89. The topological polar surface area (TPSA) is 31.9 Å². The molecule has 0 radical (unpaired) electrons. The molecule has 3 nitrogen and oxygen atoms in total. The molecule has 1 atom stereocenters. The Balaban J connectivity index is 1.69. The van der Waals surface area contributed by atoms with Crippen LogP contribution >= 0.6 is 0 Å². The summed E-state index contributed by atoms with van der Waals surface area (Å²) in [7, 11) is 0. The summed E-state index contributed by atoms with van der Waals surface area (Å²) in [6.07, 6.45) is 10.5. The highest BCUT2D eigenvalue weighted by Gasteiger charge is 2.30. The van der Waals surface area contributed by atoms with Crippen LogP contribution in [0, 0.1) is 0 Å². The number of aromatic amines is 1. The van der Waals surface area contributed by atoms with Crippen molar-refractivity contribution in [2.75, 3.05) is 6.54 Å². The Morgan fingerprint density at radius 3 is 3.14 bits per heavy atom. The van der Waals surface area contributed by atoms with E-state index in [1.54, 1.807) is 0 Å². The zero-order valence-corrected chi connectivity index (χ0v) is 12.3. The molecule has 3 heteroatoms. The maximum Gasteiger partial charge on any atom is 0.0729 e. The minimum absolute atomic E-state index is 0.399. The largest absolute Gasteiger partial charge is 0.368 e. The highest BCUT2D eigenvalue weighted by Crippen LogP contribution is 2.38. The van der Waals surface area contributed by atoms with E-state index in [4.69, 9.17) is 0 Å². The van der Waals surface area contributed by atoms with Gasteiger partial charge in [-0.1, -0.05) is 18.2 Å². The molecular weight excluding hydrogens is 270 g/mol. The van der Waals surface area contributed by atoms with Crippen molar-refractivity contribution < 1.29 is 0 Å². The minimum Gasteiger partial charge on any atom is -0.368 e. The third-order valence-electron chi connectivity index (χ3n) is 5.01. The molecule has 0 saturated carbocycles. The number of H-pyrrole nitrogens is 1. The Hall–Kier alpha value is -2.55. The summed E-state index contributed by atoms with van der Waals surface area (Å²) in [4.78, 5) is 10.4. The smallest absolute Gasteiger partial charge is 0.0729 e. The summed E-state index contributed by atoms with van der Waals surface area (Å²) < 4.78 is 0. The molecule has 22 heavy (non-hydrogen) atoms. The zero-order chi connectivity index (χ0) is 14.5. The van der Waals surface area contributed by atoms with Crippen molar-refractivity contribution in [1.29, 1.82) is 0 Å². The number of pyridine rings is 1. The first-order valence-electron chi connectivity index (χ1n) is 7.86. The number of fused-ring (bicyclic) bond motifs is 6. The number of para-hydroxylation sites is 1. The molecule has 2 aliphatic rings. The first-order chi connectivity index (χ1) is 10.9. The predicted molar refractivity (Wildman–Crippen MR) is 88.4 cm³/mol. The molecule has 3 aromatic rings. The van der Waals surface area contributed by atoms with Crippen LogP contribution in [0.25, 0.3) is 17.0 Å². The fourth-order valence-electron chi connectivity index (χ4n) is 3.89. The van der Waals surface area contributed by atoms with E-state index in [-0.39, 0.29) is 0 Å². The normalized spacial score (nSPS) is 19.5. The maximum absolute atomic E-state index is 4.26. The van der Waals surface area contributed by atoms with Crippen LogP contribution in [-0.4, -0.2) is 21.4 Å². The summed E-state index contributed by atoms with van der Waals surface area (Å²) in [6, 6.07) is 11.2. The third kappa shape index (κ3) is 1.65. The lowest BCUT2D eigenvalue weighted by molar-refractivity contribution is 0.262. The third-order valence-corrected chi connectivity index (χ3v) is 5.01. The van der Waals surface area contributed by atoms with Crippen molar-refractivity contribution in [2.24, 2.45) is 0 Å². The second-order valence-corrected chi connectivity index (χ2v) is 6.16. The van der Waals surface area contributed by atoms with Crippen LogP contribution in [-0.2, 0) is 12.8 Å². The fraction of sp³-hybridized carbons (Fsp3) is 0.211. The summed E-state index contributed by atoms with van der Waals surface area (Å²) in [5.74, 6) is 0. The van der Waals surface area contributed by atoms with Gasteiger partial charge in [0.25, 0.3) is 0 Å². The Bertz CT molecular complexity index is 891. The van der Waals surface area contributed by atoms with E-state index >= 15 is 0 Å². The number of benzene rings is 1. The Morgan fingerprint density at radius 1 is 1.18 bits per heavy atom. The lowest BCUT2D eigenvalue weighted by atomic mass is 9.93. The lowest BCUT2D eigenvalue weighted by Crippen LogP contribution is -2.32. The van der Waals surface area contributed by atoms with E-state index in [9.17, 15) is 0 Å². The van der Waals surface area contributed by atoms with Crippen LogP contribution in [0.15, 0.2) is 48.9 Å². The van der Waals surface area contributed by atoms with Gasteiger partial charge >= 0.3 is 0 Å².